The lowest BCUT2D eigenvalue weighted by atomic mass is 9.89. The summed E-state index contributed by atoms with van der Waals surface area (Å²) < 4.78 is 5.40. The summed E-state index contributed by atoms with van der Waals surface area (Å²) in [6, 6.07) is 0. The van der Waals surface area contributed by atoms with Crippen molar-refractivity contribution in [2.75, 3.05) is 7.11 Å². The Morgan fingerprint density at radius 1 is 1.29 bits per heavy atom. The average Bonchev–Trinajstić information content (AvgIpc) is 2.43. The summed E-state index contributed by atoms with van der Waals surface area (Å²) in [5, 5.41) is 20.8. The Labute approximate surface area is 129 Å². The highest BCUT2D eigenvalue weighted by Gasteiger charge is 2.23. The van der Waals surface area contributed by atoms with Crippen molar-refractivity contribution in [3.05, 3.63) is 23.8 Å². The molecule has 0 heterocycles. The maximum absolute atomic E-state index is 10.4. The quantitative estimate of drug-likeness (QED) is 0.727. The van der Waals surface area contributed by atoms with E-state index in [1.54, 1.807) is 7.11 Å². The average molecular weight is 296 g/mol. The number of hydrogen-bond acceptors (Lipinski definition) is 3. The van der Waals surface area contributed by atoms with Gasteiger partial charge in [-0.1, -0.05) is 37.1 Å². The van der Waals surface area contributed by atoms with Crippen molar-refractivity contribution in [3.63, 3.8) is 0 Å². The Balaban J connectivity index is 2.83. The van der Waals surface area contributed by atoms with Gasteiger partial charge in [0.15, 0.2) is 0 Å². The van der Waals surface area contributed by atoms with Crippen LogP contribution in [0.3, 0.4) is 0 Å². The van der Waals surface area contributed by atoms with Crippen LogP contribution in [0, 0.1) is 5.92 Å². The van der Waals surface area contributed by atoms with Crippen molar-refractivity contribution in [3.8, 4) is 0 Å². The van der Waals surface area contributed by atoms with Gasteiger partial charge in [0, 0.05) is 13.0 Å². The Hall–Kier alpha value is -0.640. The minimum Gasteiger partial charge on any atom is -0.390 e. The van der Waals surface area contributed by atoms with E-state index in [0.29, 0.717) is 0 Å². The van der Waals surface area contributed by atoms with Crippen LogP contribution in [0.15, 0.2) is 23.8 Å². The van der Waals surface area contributed by atoms with Crippen LogP contribution in [0.2, 0.25) is 0 Å². The number of methoxy groups -OCH3 is 1. The zero-order chi connectivity index (χ0) is 15.9. The second-order valence-corrected chi connectivity index (χ2v) is 6.73. The largest absolute Gasteiger partial charge is 0.390 e. The summed E-state index contributed by atoms with van der Waals surface area (Å²) in [4.78, 5) is 0. The number of hydrogen-bond donors (Lipinski definition) is 2. The fourth-order valence-corrected chi connectivity index (χ4v) is 2.85. The molecule has 0 aromatic rings. The molecule has 3 nitrogen and oxygen atoms in total. The van der Waals surface area contributed by atoms with E-state index in [4.69, 9.17) is 4.74 Å². The Kier molecular flexibility index (Phi) is 7.64. The molecule has 0 bridgehead atoms. The van der Waals surface area contributed by atoms with Crippen molar-refractivity contribution >= 4 is 0 Å². The second kappa shape index (κ2) is 8.72. The number of aliphatic hydroxyl groups excluding tert-OH is 1. The number of allylic oxidation sites excluding steroid dienone is 2. The molecule has 1 aliphatic rings. The van der Waals surface area contributed by atoms with Crippen LogP contribution in [0.25, 0.3) is 0 Å². The van der Waals surface area contributed by atoms with Crippen LogP contribution in [0.4, 0.5) is 0 Å². The van der Waals surface area contributed by atoms with Crippen LogP contribution in [-0.4, -0.2) is 35.1 Å². The minimum absolute atomic E-state index is 0.0347. The van der Waals surface area contributed by atoms with Crippen molar-refractivity contribution in [2.24, 2.45) is 5.92 Å². The fraction of sp³-hybridized carbons (Fsp3) is 0.778. The van der Waals surface area contributed by atoms with E-state index in [1.165, 1.54) is 5.57 Å². The molecule has 2 N–H and O–H groups in total. The monoisotopic (exact) mass is 296 g/mol. The minimum atomic E-state index is -0.583. The molecular weight excluding hydrogens is 264 g/mol. The van der Waals surface area contributed by atoms with Gasteiger partial charge in [-0.05, 0) is 46.0 Å². The van der Waals surface area contributed by atoms with Gasteiger partial charge in [0.25, 0.3) is 0 Å². The zero-order valence-electron chi connectivity index (χ0n) is 14.0. The molecule has 0 fully saturated rings. The Bertz CT molecular complexity index is 357. The molecule has 4 atom stereocenters. The third-order valence-corrected chi connectivity index (χ3v) is 4.41. The van der Waals surface area contributed by atoms with Gasteiger partial charge < -0.3 is 14.9 Å². The van der Waals surface area contributed by atoms with Crippen LogP contribution < -0.4 is 0 Å². The smallest absolute Gasteiger partial charge is 0.102 e. The maximum atomic E-state index is 10.4. The molecule has 1 aliphatic carbocycles. The summed E-state index contributed by atoms with van der Waals surface area (Å²) in [6.07, 6.45) is 10.9. The van der Waals surface area contributed by atoms with E-state index in [2.05, 4.69) is 19.1 Å². The number of ether oxygens (including phenoxy) is 1. The summed E-state index contributed by atoms with van der Waals surface area (Å²) in [7, 11) is 1.64. The highest BCUT2D eigenvalue weighted by Crippen LogP contribution is 2.24. The summed E-state index contributed by atoms with van der Waals surface area (Å²) in [5.41, 5.74) is 0.637. The molecule has 0 aromatic carbocycles. The van der Waals surface area contributed by atoms with Gasteiger partial charge in [-0.3, -0.25) is 0 Å². The maximum Gasteiger partial charge on any atom is 0.102 e. The standard InChI is InChI=1S/C18H32O3/c1-14-10-12-18(3,20)11-8-6-5-7-9-16(21-4)17(19)15(2)13-14/h7,9,13,15-17,19-20H,5-6,8,10-12H2,1-4H3/b9-7+,14-13-/t15?,16-,17-,18?/m0/s1. The van der Waals surface area contributed by atoms with Gasteiger partial charge in [-0.2, -0.15) is 0 Å². The van der Waals surface area contributed by atoms with E-state index in [1.807, 2.05) is 19.9 Å². The SMILES string of the molecule is CO[C@H]1/C=C/CCCCC(C)(O)CC/C(C)=C\C(C)[C@@H]1O. The molecule has 0 aliphatic heterocycles. The number of rotatable bonds is 1. The van der Waals surface area contributed by atoms with E-state index in [-0.39, 0.29) is 12.0 Å². The van der Waals surface area contributed by atoms with Gasteiger partial charge in [-0.15, -0.1) is 0 Å². The first-order valence-electron chi connectivity index (χ1n) is 8.13. The third-order valence-electron chi connectivity index (χ3n) is 4.41. The van der Waals surface area contributed by atoms with Crippen molar-refractivity contribution in [1.29, 1.82) is 0 Å². The topological polar surface area (TPSA) is 49.7 Å². The fourth-order valence-electron chi connectivity index (χ4n) is 2.85. The summed E-state index contributed by atoms with van der Waals surface area (Å²) in [6.45, 7) is 6.02. The van der Waals surface area contributed by atoms with Gasteiger partial charge in [-0.25, -0.2) is 0 Å². The zero-order valence-corrected chi connectivity index (χ0v) is 14.0. The van der Waals surface area contributed by atoms with E-state index in [0.717, 1.165) is 38.5 Å². The van der Waals surface area contributed by atoms with Crippen LogP contribution in [-0.2, 0) is 4.74 Å². The molecule has 122 valence electrons. The van der Waals surface area contributed by atoms with E-state index >= 15 is 0 Å². The highest BCUT2D eigenvalue weighted by molar-refractivity contribution is 5.06. The first-order chi connectivity index (χ1) is 9.85. The molecule has 0 amide bonds. The molecule has 2 unspecified atom stereocenters. The molecule has 0 radical (unpaired) electrons. The Morgan fingerprint density at radius 2 is 2.00 bits per heavy atom. The lowest BCUT2D eigenvalue weighted by Gasteiger charge is -2.25. The molecule has 0 spiro atoms. The normalized spacial score (nSPS) is 40.9. The molecule has 21 heavy (non-hydrogen) atoms. The van der Waals surface area contributed by atoms with Crippen LogP contribution in [0.1, 0.15) is 59.3 Å². The van der Waals surface area contributed by atoms with Gasteiger partial charge in [0.2, 0.25) is 0 Å². The van der Waals surface area contributed by atoms with Gasteiger partial charge >= 0.3 is 0 Å². The lowest BCUT2D eigenvalue weighted by molar-refractivity contribution is -0.00202. The lowest BCUT2D eigenvalue weighted by Crippen LogP contribution is -2.31. The Morgan fingerprint density at radius 3 is 2.67 bits per heavy atom. The van der Waals surface area contributed by atoms with Crippen molar-refractivity contribution < 1.29 is 14.9 Å². The van der Waals surface area contributed by atoms with E-state index in [9.17, 15) is 10.2 Å². The van der Waals surface area contributed by atoms with E-state index < -0.39 is 11.7 Å². The third kappa shape index (κ3) is 6.77. The van der Waals surface area contributed by atoms with Crippen molar-refractivity contribution in [2.45, 2.75) is 77.1 Å². The van der Waals surface area contributed by atoms with Crippen LogP contribution in [0.5, 0.6) is 0 Å². The molecular formula is C18H32O3. The second-order valence-electron chi connectivity index (χ2n) is 6.73. The highest BCUT2D eigenvalue weighted by atomic mass is 16.5. The number of aliphatic hydroxyl groups is 2. The summed E-state index contributed by atoms with van der Waals surface area (Å²) >= 11 is 0. The van der Waals surface area contributed by atoms with Gasteiger partial charge in [0.1, 0.15) is 6.10 Å². The first-order valence-corrected chi connectivity index (χ1v) is 8.13. The molecule has 0 aromatic heterocycles. The predicted molar refractivity (Wildman–Crippen MR) is 87.2 cm³/mol. The molecule has 0 saturated heterocycles. The predicted octanol–water partition coefficient (Wildman–Crippen LogP) is 3.61. The summed E-state index contributed by atoms with van der Waals surface area (Å²) in [5.74, 6) is 0.0347. The van der Waals surface area contributed by atoms with Gasteiger partial charge in [0.05, 0.1) is 11.7 Å². The molecule has 0 saturated carbocycles. The van der Waals surface area contributed by atoms with Crippen LogP contribution >= 0.6 is 0 Å². The first kappa shape index (κ1) is 18.4. The van der Waals surface area contributed by atoms with Crippen molar-refractivity contribution in [1.82, 2.24) is 0 Å². The molecule has 3 heteroatoms. The molecule has 1 rings (SSSR count).